The van der Waals surface area contributed by atoms with E-state index >= 15 is 0 Å². The first-order valence-electron chi connectivity index (χ1n) is 7.38. The third-order valence-electron chi connectivity index (χ3n) is 3.92. The van der Waals surface area contributed by atoms with Gasteiger partial charge in [-0.1, -0.05) is 24.6 Å². The Labute approximate surface area is 116 Å². The van der Waals surface area contributed by atoms with Crippen molar-refractivity contribution in [2.24, 2.45) is 0 Å². The number of piperidine rings is 1. The van der Waals surface area contributed by atoms with Gasteiger partial charge >= 0.3 is 0 Å². The first-order valence-corrected chi connectivity index (χ1v) is 7.38. The highest BCUT2D eigenvalue weighted by atomic mass is 16.5. The van der Waals surface area contributed by atoms with Gasteiger partial charge < -0.3 is 10.1 Å². The van der Waals surface area contributed by atoms with Gasteiger partial charge in [-0.15, -0.1) is 0 Å². The van der Waals surface area contributed by atoms with Crippen LogP contribution in [0.3, 0.4) is 0 Å². The Balaban J connectivity index is 1.79. The van der Waals surface area contributed by atoms with Crippen LogP contribution in [-0.2, 0) is 0 Å². The molecule has 3 nitrogen and oxygen atoms in total. The van der Waals surface area contributed by atoms with Gasteiger partial charge in [-0.3, -0.25) is 4.90 Å². The van der Waals surface area contributed by atoms with E-state index in [1.54, 1.807) is 0 Å². The number of aryl methyl sites for hydroxylation is 1. The molecule has 1 unspecified atom stereocenters. The molecule has 0 amide bonds. The predicted molar refractivity (Wildman–Crippen MR) is 79.8 cm³/mol. The molecule has 106 valence electrons. The third-order valence-corrected chi connectivity index (χ3v) is 3.92. The summed E-state index contributed by atoms with van der Waals surface area (Å²) >= 11 is 0. The summed E-state index contributed by atoms with van der Waals surface area (Å²) in [6.07, 6.45) is 4.00. The number of nitrogens with one attached hydrogen (secondary N) is 1. The zero-order valence-electron chi connectivity index (χ0n) is 12.2. The van der Waals surface area contributed by atoms with Gasteiger partial charge in [-0.25, -0.2) is 0 Å². The highest BCUT2D eigenvalue weighted by molar-refractivity contribution is 5.31. The normalized spacial score (nSPS) is 20.4. The summed E-state index contributed by atoms with van der Waals surface area (Å²) in [5.74, 6) is 1.02. The molecule has 1 aliphatic heterocycles. The van der Waals surface area contributed by atoms with Gasteiger partial charge in [0.1, 0.15) is 12.4 Å². The topological polar surface area (TPSA) is 24.5 Å². The molecule has 1 N–H and O–H groups in total. The smallest absolute Gasteiger partial charge is 0.122 e. The number of rotatable bonds is 6. The standard InChI is InChI=1S/C16H26N2O/c1-14-7-3-4-9-16(14)19-12-11-18-10-6-5-8-15(18)13-17-2/h3-4,7,9,15,17H,5-6,8,10-13H2,1-2H3. The van der Waals surface area contributed by atoms with Crippen LogP contribution in [0.4, 0.5) is 0 Å². The zero-order chi connectivity index (χ0) is 13.5. The molecule has 0 radical (unpaired) electrons. The second-order valence-electron chi connectivity index (χ2n) is 5.36. The number of likely N-dealkylation sites (N-methyl/N-ethyl adjacent to an activating group) is 1. The van der Waals surface area contributed by atoms with E-state index in [0.717, 1.165) is 25.4 Å². The van der Waals surface area contributed by atoms with E-state index in [9.17, 15) is 0 Å². The van der Waals surface area contributed by atoms with Gasteiger partial charge in [0, 0.05) is 19.1 Å². The predicted octanol–water partition coefficient (Wildman–Crippen LogP) is 2.45. The molecular weight excluding hydrogens is 236 g/mol. The van der Waals surface area contributed by atoms with Crippen molar-refractivity contribution in [3.63, 3.8) is 0 Å². The van der Waals surface area contributed by atoms with E-state index in [1.165, 1.54) is 31.4 Å². The maximum Gasteiger partial charge on any atom is 0.122 e. The molecule has 1 aliphatic rings. The van der Waals surface area contributed by atoms with Crippen LogP contribution in [0.15, 0.2) is 24.3 Å². The van der Waals surface area contributed by atoms with Crippen molar-refractivity contribution < 1.29 is 4.74 Å². The van der Waals surface area contributed by atoms with Crippen LogP contribution in [0, 0.1) is 6.92 Å². The van der Waals surface area contributed by atoms with Gasteiger partial charge in [0.05, 0.1) is 0 Å². The molecule has 1 atom stereocenters. The molecule has 0 spiro atoms. The fraction of sp³-hybridized carbons (Fsp3) is 0.625. The van der Waals surface area contributed by atoms with E-state index in [4.69, 9.17) is 4.74 Å². The summed E-state index contributed by atoms with van der Waals surface area (Å²) in [4.78, 5) is 2.57. The first kappa shape index (κ1) is 14.4. The molecule has 3 heteroatoms. The maximum atomic E-state index is 5.90. The summed E-state index contributed by atoms with van der Waals surface area (Å²) in [7, 11) is 2.04. The second kappa shape index (κ2) is 7.51. The highest BCUT2D eigenvalue weighted by Gasteiger charge is 2.21. The van der Waals surface area contributed by atoms with Crippen molar-refractivity contribution in [3.8, 4) is 5.75 Å². The number of nitrogens with zero attached hydrogens (tertiary/aromatic N) is 1. The van der Waals surface area contributed by atoms with Gasteiger partial charge in [0.15, 0.2) is 0 Å². The number of benzene rings is 1. The molecular formula is C16H26N2O. The van der Waals surface area contributed by atoms with E-state index in [1.807, 2.05) is 13.1 Å². The molecule has 0 bridgehead atoms. The lowest BCUT2D eigenvalue weighted by Gasteiger charge is -2.35. The van der Waals surface area contributed by atoms with Gasteiger partial charge in [-0.2, -0.15) is 0 Å². The molecule has 0 aromatic heterocycles. The summed E-state index contributed by atoms with van der Waals surface area (Å²) < 4.78 is 5.90. The SMILES string of the molecule is CNCC1CCCCN1CCOc1ccccc1C. The van der Waals surface area contributed by atoms with Crippen molar-refractivity contribution in [1.29, 1.82) is 0 Å². The lowest BCUT2D eigenvalue weighted by atomic mass is 10.0. The lowest BCUT2D eigenvalue weighted by molar-refractivity contribution is 0.122. The van der Waals surface area contributed by atoms with Crippen molar-refractivity contribution in [2.45, 2.75) is 32.2 Å². The Kier molecular flexibility index (Phi) is 5.67. The van der Waals surface area contributed by atoms with Crippen LogP contribution < -0.4 is 10.1 Å². The summed E-state index contributed by atoms with van der Waals surface area (Å²) in [6.45, 7) is 6.21. The van der Waals surface area contributed by atoms with Crippen LogP contribution in [0.2, 0.25) is 0 Å². The largest absolute Gasteiger partial charge is 0.492 e. The van der Waals surface area contributed by atoms with Crippen LogP contribution in [0.25, 0.3) is 0 Å². The molecule has 1 heterocycles. The fourth-order valence-corrected chi connectivity index (χ4v) is 2.81. The fourth-order valence-electron chi connectivity index (χ4n) is 2.81. The molecule has 0 saturated carbocycles. The van der Waals surface area contributed by atoms with E-state index in [-0.39, 0.29) is 0 Å². The minimum Gasteiger partial charge on any atom is -0.492 e. The number of para-hydroxylation sites is 1. The van der Waals surface area contributed by atoms with Gasteiger partial charge in [0.25, 0.3) is 0 Å². The van der Waals surface area contributed by atoms with E-state index < -0.39 is 0 Å². The van der Waals surface area contributed by atoms with E-state index in [2.05, 4.69) is 35.3 Å². The molecule has 1 aromatic carbocycles. The van der Waals surface area contributed by atoms with Crippen molar-refractivity contribution >= 4 is 0 Å². The van der Waals surface area contributed by atoms with Crippen LogP contribution in [-0.4, -0.2) is 44.2 Å². The maximum absolute atomic E-state index is 5.90. The third kappa shape index (κ3) is 4.22. The van der Waals surface area contributed by atoms with E-state index in [0.29, 0.717) is 6.04 Å². The van der Waals surface area contributed by atoms with Crippen LogP contribution in [0.5, 0.6) is 5.75 Å². The molecule has 1 aromatic rings. The van der Waals surface area contributed by atoms with Crippen LogP contribution in [0.1, 0.15) is 24.8 Å². The Morgan fingerprint density at radius 3 is 2.95 bits per heavy atom. The average molecular weight is 262 g/mol. The zero-order valence-corrected chi connectivity index (χ0v) is 12.2. The monoisotopic (exact) mass is 262 g/mol. The highest BCUT2D eigenvalue weighted by Crippen LogP contribution is 2.18. The average Bonchev–Trinajstić information content (AvgIpc) is 2.43. The number of hydrogen-bond acceptors (Lipinski definition) is 3. The van der Waals surface area contributed by atoms with Crippen molar-refractivity contribution in [3.05, 3.63) is 29.8 Å². The van der Waals surface area contributed by atoms with Crippen molar-refractivity contribution in [2.75, 3.05) is 33.3 Å². The number of ether oxygens (including phenoxy) is 1. The minimum atomic E-state index is 0.680. The van der Waals surface area contributed by atoms with Crippen LogP contribution >= 0.6 is 0 Å². The number of likely N-dealkylation sites (tertiary alicyclic amines) is 1. The second-order valence-corrected chi connectivity index (χ2v) is 5.36. The van der Waals surface area contributed by atoms with Gasteiger partial charge in [-0.05, 0) is 45.0 Å². The summed E-state index contributed by atoms with van der Waals surface area (Å²) in [5, 5.41) is 3.30. The first-order chi connectivity index (χ1) is 9.31. The minimum absolute atomic E-state index is 0.680. The number of hydrogen-bond donors (Lipinski definition) is 1. The Morgan fingerprint density at radius 2 is 2.16 bits per heavy atom. The molecule has 1 fully saturated rings. The Morgan fingerprint density at radius 1 is 1.32 bits per heavy atom. The van der Waals surface area contributed by atoms with Crippen molar-refractivity contribution in [1.82, 2.24) is 10.2 Å². The molecule has 2 rings (SSSR count). The molecule has 0 aliphatic carbocycles. The van der Waals surface area contributed by atoms with Gasteiger partial charge in [0.2, 0.25) is 0 Å². The molecule has 19 heavy (non-hydrogen) atoms. The summed E-state index contributed by atoms with van der Waals surface area (Å²) in [5.41, 5.74) is 1.22. The lowest BCUT2D eigenvalue weighted by Crippen LogP contribution is -2.46. The molecule has 1 saturated heterocycles. The Bertz CT molecular complexity index is 379. The summed E-state index contributed by atoms with van der Waals surface area (Å²) in [6, 6.07) is 8.92. The quantitative estimate of drug-likeness (QED) is 0.852. The Hall–Kier alpha value is -1.06.